The van der Waals surface area contributed by atoms with Crippen molar-refractivity contribution in [2.24, 2.45) is 0 Å². The van der Waals surface area contributed by atoms with Crippen molar-refractivity contribution in [3.8, 4) is 11.5 Å². The normalized spacial score (nSPS) is 18.6. The maximum absolute atomic E-state index is 13.3. The highest BCUT2D eigenvalue weighted by atomic mass is 19.4. The first kappa shape index (κ1) is 16.2. The van der Waals surface area contributed by atoms with Gasteiger partial charge in [0.05, 0.1) is 5.52 Å². The van der Waals surface area contributed by atoms with Crippen LogP contribution in [-0.4, -0.2) is 54.9 Å². The molecule has 2 aliphatic rings. The third-order valence-corrected chi connectivity index (χ3v) is 4.44. The van der Waals surface area contributed by atoms with E-state index in [0.29, 0.717) is 35.8 Å². The summed E-state index contributed by atoms with van der Waals surface area (Å²) >= 11 is 0. The van der Waals surface area contributed by atoms with Crippen molar-refractivity contribution in [2.45, 2.75) is 12.6 Å². The van der Waals surface area contributed by atoms with E-state index in [0.717, 1.165) is 19.5 Å². The molecule has 134 valence electrons. The van der Waals surface area contributed by atoms with E-state index < -0.39 is 12.0 Å². The molecule has 1 saturated heterocycles. The summed E-state index contributed by atoms with van der Waals surface area (Å²) in [5, 5.41) is 0.543. The predicted molar refractivity (Wildman–Crippen MR) is 85.0 cm³/mol. The number of benzene rings is 1. The van der Waals surface area contributed by atoms with Gasteiger partial charge in [-0.3, -0.25) is 0 Å². The zero-order valence-corrected chi connectivity index (χ0v) is 13.6. The van der Waals surface area contributed by atoms with Crippen LogP contribution in [-0.2, 0) is 6.18 Å². The van der Waals surface area contributed by atoms with E-state index >= 15 is 0 Å². The smallest absolute Gasteiger partial charge is 0.451 e. The average Bonchev–Trinajstić information content (AvgIpc) is 2.90. The summed E-state index contributed by atoms with van der Waals surface area (Å²) in [6.45, 7) is 2.96. The molecule has 3 heterocycles. The molecule has 0 atom stereocenters. The summed E-state index contributed by atoms with van der Waals surface area (Å²) in [4.78, 5) is 11.6. The number of likely N-dealkylation sites (N-methyl/N-ethyl adjacent to an activating group) is 1. The lowest BCUT2D eigenvalue weighted by Crippen LogP contribution is -2.30. The standard InChI is InChI=1S/C16H17F3N4O2/c1-22-3-2-4-23(6-5-22)14-10-7-12-13(25-9-24-12)8-11(10)20-15(21-14)16(17,18)19/h7-8H,2-6,9H2,1H3. The van der Waals surface area contributed by atoms with Crippen LogP contribution in [0.4, 0.5) is 19.0 Å². The predicted octanol–water partition coefficient (Wildman–Crippen LogP) is 2.52. The van der Waals surface area contributed by atoms with Gasteiger partial charge in [-0.25, -0.2) is 9.97 Å². The Morgan fingerprint density at radius 2 is 1.76 bits per heavy atom. The second kappa shape index (κ2) is 5.91. The molecule has 9 heteroatoms. The van der Waals surface area contributed by atoms with Crippen molar-refractivity contribution in [3.63, 3.8) is 0 Å². The van der Waals surface area contributed by atoms with Gasteiger partial charge in [-0.05, 0) is 26.1 Å². The van der Waals surface area contributed by atoms with Crippen LogP contribution in [0.2, 0.25) is 0 Å². The Balaban J connectivity index is 1.87. The quantitative estimate of drug-likeness (QED) is 0.784. The molecule has 2 aromatic rings. The van der Waals surface area contributed by atoms with Gasteiger partial charge in [0.1, 0.15) is 5.82 Å². The fourth-order valence-corrected chi connectivity index (χ4v) is 3.13. The zero-order valence-electron chi connectivity index (χ0n) is 13.6. The number of alkyl halides is 3. The fraction of sp³-hybridized carbons (Fsp3) is 0.500. The minimum Gasteiger partial charge on any atom is -0.454 e. The largest absolute Gasteiger partial charge is 0.454 e. The van der Waals surface area contributed by atoms with Crippen LogP contribution in [0.1, 0.15) is 12.2 Å². The summed E-state index contributed by atoms with van der Waals surface area (Å²) < 4.78 is 50.4. The van der Waals surface area contributed by atoms with E-state index in [4.69, 9.17) is 9.47 Å². The van der Waals surface area contributed by atoms with Gasteiger partial charge in [0.2, 0.25) is 12.6 Å². The number of rotatable bonds is 1. The van der Waals surface area contributed by atoms with Crippen LogP contribution in [0, 0.1) is 0 Å². The highest BCUT2D eigenvalue weighted by Crippen LogP contribution is 2.39. The maximum Gasteiger partial charge on any atom is 0.451 e. The lowest BCUT2D eigenvalue weighted by atomic mass is 10.2. The van der Waals surface area contributed by atoms with Crippen molar-refractivity contribution in [2.75, 3.05) is 44.9 Å². The maximum atomic E-state index is 13.3. The first-order chi connectivity index (χ1) is 11.9. The Kier molecular flexibility index (Phi) is 3.82. The topological polar surface area (TPSA) is 50.7 Å². The summed E-state index contributed by atoms with van der Waals surface area (Å²) in [7, 11) is 2.00. The third-order valence-electron chi connectivity index (χ3n) is 4.44. The number of anilines is 1. The zero-order chi connectivity index (χ0) is 17.6. The average molecular weight is 354 g/mol. The van der Waals surface area contributed by atoms with Crippen LogP contribution >= 0.6 is 0 Å². The molecule has 0 radical (unpaired) electrons. The highest BCUT2D eigenvalue weighted by molar-refractivity contribution is 5.92. The second-order valence-electron chi connectivity index (χ2n) is 6.24. The lowest BCUT2D eigenvalue weighted by molar-refractivity contribution is -0.144. The van der Waals surface area contributed by atoms with Gasteiger partial charge in [-0.15, -0.1) is 0 Å². The summed E-state index contributed by atoms with van der Waals surface area (Å²) in [6, 6.07) is 3.16. The molecule has 0 N–H and O–H groups in total. The monoisotopic (exact) mass is 354 g/mol. The van der Waals surface area contributed by atoms with Gasteiger partial charge in [-0.2, -0.15) is 13.2 Å². The minimum atomic E-state index is -4.61. The second-order valence-corrected chi connectivity index (χ2v) is 6.24. The van der Waals surface area contributed by atoms with Crippen LogP contribution < -0.4 is 14.4 Å². The minimum absolute atomic E-state index is 0.0506. The van der Waals surface area contributed by atoms with E-state index in [9.17, 15) is 13.2 Å². The Labute approximate surface area is 142 Å². The molecule has 0 bridgehead atoms. The molecule has 0 saturated carbocycles. The first-order valence-electron chi connectivity index (χ1n) is 8.04. The van der Waals surface area contributed by atoms with E-state index in [1.807, 2.05) is 11.9 Å². The molecule has 0 spiro atoms. The number of aromatic nitrogens is 2. The van der Waals surface area contributed by atoms with Gasteiger partial charge in [-0.1, -0.05) is 0 Å². The van der Waals surface area contributed by atoms with E-state index in [1.54, 1.807) is 6.07 Å². The molecule has 0 amide bonds. The highest BCUT2D eigenvalue weighted by Gasteiger charge is 2.36. The summed E-state index contributed by atoms with van der Waals surface area (Å²) in [5.41, 5.74) is 0.208. The third kappa shape index (κ3) is 3.04. The number of halogens is 3. The number of fused-ring (bicyclic) bond motifs is 2. The molecule has 1 aromatic heterocycles. The van der Waals surface area contributed by atoms with E-state index in [1.165, 1.54) is 6.07 Å². The molecule has 0 aliphatic carbocycles. The molecule has 1 fully saturated rings. The lowest BCUT2D eigenvalue weighted by Gasteiger charge is -2.24. The number of ether oxygens (including phenoxy) is 2. The Hall–Kier alpha value is -2.29. The Bertz CT molecular complexity index is 812. The molecular formula is C16H17F3N4O2. The molecular weight excluding hydrogens is 337 g/mol. The Morgan fingerprint density at radius 1 is 1.00 bits per heavy atom. The number of hydrogen-bond donors (Lipinski definition) is 0. The van der Waals surface area contributed by atoms with Gasteiger partial charge in [0, 0.05) is 31.1 Å². The number of nitrogens with zero attached hydrogens (tertiary/aromatic N) is 4. The summed E-state index contributed by atoms with van der Waals surface area (Å²) in [6.07, 6.45) is -3.75. The SMILES string of the molecule is CN1CCCN(c2nc(C(F)(F)F)nc3cc4c(cc23)OCO4)CC1. The van der Waals surface area contributed by atoms with Crippen molar-refractivity contribution < 1.29 is 22.6 Å². The van der Waals surface area contributed by atoms with Crippen molar-refractivity contribution in [1.29, 1.82) is 0 Å². The molecule has 2 aliphatic heterocycles. The van der Waals surface area contributed by atoms with Crippen LogP contribution in [0.25, 0.3) is 10.9 Å². The van der Waals surface area contributed by atoms with Crippen molar-refractivity contribution in [3.05, 3.63) is 18.0 Å². The number of hydrogen-bond acceptors (Lipinski definition) is 6. The Morgan fingerprint density at radius 3 is 2.52 bits per heavy atom. The van der Waals surface area contributed by atoms with Gasteiger partial charge in [0.25, 0.3) is 0 Å². The van der Waals surface area contributed by atoms with Gasteiger partial charge in [0.15, 0.2) is 11.5 Å². The van der Waals surface area contributed by atoms with Gasteiger partial charge >= 0.3 is 6.18 Å². The molecule has 1 aromatic carbocycles. The fourth-order valence-electron chi connectivity index (χ4n) is 3.13. The molecule has 25 heavy (non-hydrogen) atoms. The van der Waals surface area contributed by atoms with Gasteiger partial charge < -0.3 is 19.3 Å². The van der Waals surface area contributed by atoms with Crippen LogP contribution in [0.3, 0.4) is 0 Å². The first-order valence-corrected chi connectivity index (χ1v) is 8.04. The van der Waals surface area contributed by atoms with Crippen molar-refractivity contribution >= 4 is 16.7 Å². The van der Waals surface area contributed by atoms with E-state index in [2.05, 4.69) is 14.9 Å². The van der Waals surface area contributed by atoms with E-state index in [-0.39, 0.29) is 12.3 Å². The molecule has 0 unspecified atom stereocenters. The molecule has 6 nitrogen and oxygen atoms in total. The molecule has 4 rings (SSSR count). The summed E-state index contributed by atoms with van der Waals surface area (Å²) in [5.74, 6) is 0.0716. The van der Waals surface area contributed by atoms with Crippen LogP contribution in [0.5, 0.6) is 11.5 Å². The van der Waals surface area contributed by atoms with Crippen molar-refractivity contribution in [1.82, 2.24) is 14.9 Å². The van der Waals surface area contributed by atoms with Crippen LogP contribution in [0.15, 0.2) is 12.1 Å².